The number of unbranched alkanes of at least 4 members (excludes halogenated alkanes) is 12. The number of fused-ring (bicyclic) bond motifs is 3. The Morgan fingerprint density at radius 2 is 0.981 bits per heavy atom. The summed E-state index contributed by atoms with van der Waals surface area (Å²) in [7, 11) is 0. The Bertz CT molecular complexity index is 1610. The minimum absolute atomic E-state index is 0.148. The SMILES string of the molecule is CCCCCCN(CCCCCC)c1ccc(C2=CC3=C(F)C(=O)[C@@]4(F)C(c5ccc(N(CCCCCC)CCCCCC)cc5)=C[C@@]4(F)[C@@]3(F)O2)cc1. The lowest BCUT2D eigenvalue weighted by Gasteiger charge is -2.52. The predicted molar refractivity (Wildman–Crippen MR) is 216 cm³/mol. The van der Waals surface area contributed by atoms with Crippen LogP contribution in [0.5, 0.6) is 0 Å². The largest absolute Gasteiger partial charge is 0.450 e. The van der Waals surface area contributed by atoms with Crippen molar-refractivity contribution < 1.29 is 27.1 Å². The molecule has 0 amide bonds. The molecule has 3 atom stereocenters. The quantitative estimate of drug-likeness (QED) is 0.0790. The third-order valence-corrected chi connectivity index (χ3v) is 11.5. The number of carbonyl (C=O) groups excluding carboxylic acids is 1. The van der Waals surface area contributed by atoms with Crippen molar-refractivity contribution >= 4 is 28.5 Å². The predicted octanol–water partition coefficient (Wildman–Crippen LogP) is 13.0. The summed E-state index contributed by atoms with van der Waals surface area (Å²) in [4.78, 5) is 18.0. The number of ether oxygens (including phenoxy) is 1. The van der Waals surface area contributed by atoms with Crippen molar-refractivity contribution in [2.45, 2.75) is 148 Å². The minimum atomic E-state index is -3.58. The summed E-state index contributed by atoms with van der Waals surface area (Å²) in [6.45, 7) is 12.3. The van der Waals surface area contributed by atoms with Crippen LogP contribution < -0.4 is 9.80 Å². The van der Waals surface area contributed by atoms with Crippen molar-refractivity contribution in [3.8, 4) is 0 Å². The van der Waals surface area contributed by atoms with Crippen molar-refractivity contribution in [1.82, 2.24) is 0 Å². The molecule has 0 fully saturated rings. The number of hydrogen-bond acceptors (Lipinski definition) is 4. The van der Waals surface area contributed by atoms with E-state index < -0.39 is 34.4 Å². The number of allylic oxidation sites excluding steroid dienone is 2. The van der Waals surface area contributed by atoms with Crippen molar-refractivity contribution in [3.05, 3.63) is 83.2 Å². The second-order valence-electron chi connectivity index (χ2n) is 15.5. The first-order chi connectivity index (χ1) is 26.1. The molecule has 3 aliphatic rings. The molecule has 0 bridgehead atoms. The van der Waals surface area contributed by atoms with Gasteiger partial charge in [0.15, 0.2) is 5.83 Å². The van der Waals surface area contributed by atoms with E-state index in [0.717, 1.165) is 127 Å². The minimum Gasteiger partial charge on any atom is -0.450 e. The molecule has 0 saturated carbocycles. The van der Waals surface area contributed by atoms with E-state index in [2.05, 4.69) is 37.5 Å². The number of anilines is 2. The molecule has 0 N–H and O–H groups in total. The molecule has 0 saturated heterocycles. The summed E-state index contributed by atoms with van der Waals surface area (Å²) in [5.41, 5.74) is -5.91. The smallest absolute Gasteiger partial charge is 0.318 e. The lowest BCUT2D eigenvalue weighted by atomic mass is 9.57. The third-order valence-electron chi connectivity index (χ3n) is 11.5. The van der Waals surface area contributed by atoms with Crippen LogP contribution in [0, 0.1) is 0 Å². The Kier molecular flexibility index (Phi) is 14.5. The molecule has 2 aromatic carbocycles. The third kappa shape index (κ3) is 8.33. The summed E-state index contributed by atoms with van der Waals surface area (Å²) in [6, 6.07) is 14.1. The van der Waals surface area contributed by atoms with E-state index in [1.165, 1.54) is 25.7 Å². The van der Waals surface area contributed by atoms with Gasteiger partial charge in [-0.3, -0.25) is 4.79 Å². The molecule has 0 unspecified atom stereocenters. The maximum absolute atomic E-state index is 16.9. The second kappa shape index (κ2) is 18.9. The fourth-order valence-electron chi connectivity index (χ4n) is 8.10. The van der Waals surface area contributed by atoms with Gasteiger partial charge in [0.25, 0.3) is 0 Å². The van der Waals surface area contributed by atoms with Gasteiger partial charge in [0, 0.05) is 48.7 Å². The molecule has 54 heavy (non-hydrogen) atoms. The van der Waals surface area contributed by atoms with Crippen LogP contribution in [0.2, 0.25) is 0 Å². The van der Waals surface area contributed by atoms with Gasteiger partial charge in [0.2, 0.25) is 17.1 Å². The maximum atomic E-state index is 16.9. The molecule has 296 valence electrons. The van der Waals surface area contributed by atoms with Crippen molar-refractivity contribution in [3.63, 3.8) is 0 Å². The molecule has 0 spiro atoms. The van der Waals surface area contributed by atoms with Crippen molar-refractivity contribution in [2.24, 2.45) is 0 Å². The lowest BCUT2D eigenvalue weighted by Crippen LogP contribution is -2.72. The van der Waals surface area contributed by atoms with E-state index in [1.807, 2.05) is 24.3 Å². The van der Waals surface area contributed by atoms with Crippen LogP contribution >= 0.6 is 0 Å². The highest BCUT2D eigenvalue weighted by Crippen LogP contribution is 2.66. The normalized spacial score (nSPS) is 23.0. The fraction of sp³-hybridized carbons (Fsp3) is 0.587. The number of rotatable bonds is 24. The molecular formula is C46H62F4N2O2. The average Bonchev–Trinajstić information content (AvgIpc) is 3.56. The topological polar surface area (TPSA) is 32.8 Å². The number of Topliss-reactive ketones (excluding diaryl/α,β-unsaturated/α-hetero) is 1. The number of benzene rings is 2. The van der Waals surface area contributed by atoms with Crippen LogP contribution in [0.1, 0.15) is 142 Å². The van der Waals surface area contributed by atoms with Crippen molar-refractivity contribution in [1.29, 1.82) is 0 Å². The summed E-state index contributed by atoms with van der Waals surface area (Å²) in [5, 5.41) is 0. The van der Waals surface area contributed by atoms with Crippen LogP contribution in [-0.4, -0.2) is 49.2 Å². The first kappa shape index (κ1) is 41.6. The molecule has 4 nitrogen and oxygen atoms in total. The Balaban J connectivity index is 1.34. The zero-order valence-corrected chi connectivity index (χ0v) is 33.1. The second-order valence-corrected chi connectivity index (χ2v) is 15.5. The van der Waals surface area contributed by atoms with Gasteiger partial charge in [-0.25, -0.2) is 13.2 Å². The number of nitrogens with zero attached hydrogens (tertiary/aromatic N) is 2. The van der Waals surface area contributed by atoms with E-state index in [0.29, 0.717) is 5.56 Å². The highest BCUT2D eigenvalue weighted by molar-refractivity contribution is 6.17. The monoisotopic (exact) mass is 750 g/mol. The first-order valence-electron chi connectivity index (χ1n) is 21.0. The molecule has 8 heteroatoms. The number of hydrogen-bond donors (Lipinski definition) is 0. The fourth-order valence-corrected chi connectivity index (χ4v) is 8.10. The van der Waals surface area contributed by atoms with E-state index >= 15 is 17.6 Å². The Labute approximate surface area is 321 Å². The standard InChI is InChI=1S/C46H62F4N2O2/c1-5-9-13-17-29-51(30-18-14-10-6-2)37-25-21-35(22-26-37)40-34-44(48)45(40,49)43(53)42(47)39-33-41(54-46(39,44)50)36-23-27-38(28-24-36)52(31-19-15-11-7-3)32-20-16-12-8-4/h21-28,33-34H,5-20,29-32H2,1-4H3/t44-,45-,46-/m0/s1. The van der Waals surface area contributed by atoms with Gasteiger partial charge in [-0.05, 0) is 79.8 Å². The highest BCUT2D eigenvalue weighted by Gasteiger charge is 2.83. The highest BCUT2D eigenvalue weighted by atomic mass is 19.2. The molecule has 2 aromatic rings. The molecule has 0 radical (unpaired) electrons. The summed E-state index contributed by atoms with van der Waals surface area (Å²) >= 11 is 0. The molecule has 5 rings (SSSR count). The van der Waals surface area contributed by atoms with Gasteiger partial charge in [-0.1, -0.05) is 117 Å². The maximum Gasteiger partial charge on any atom is 0.318 e. The summed E-state index contributed by atoms with van der Waals surface area (Å²) in [5.74, 6) is -7.07. The Morgan fingerprint density at radius 3 is 1.39 bits per heavy atom. The van der Waals surface area contributed by atoms with Crippen LogP contribution in [0.4, 0.5) is 28.9 Å². The molecule has 1 aliphatic heterocycles. The van der Waals surface area contributed by atoms with Crippen LogP contribution in [-0.2, 0) is 9.53 Å². The Morgan fingerprint density at radius 1 is 0.574 bits per heavy atom. The number of ketones is 1. The van der Waals surface area contributed by atoms with Crippen LogP contribution in [0.15, 0.2) is 72.1 Å². The van der Waals surface area contributed by atoms with Gasteiger partial charge in [-0.15, -0.1) is 0 Å². The lowest BCUT2D eigenvalue weighted by molar-refractivity contribution is -0.196. The van der Waals surface area contributed by atoms with Gasteiger partial charge in [0.05, 0.1) is 5.57 Å². The summed E-state index contributed by atoms with van der Waals surface area (Å²) in [6.07, 6.45) is 19.9. The first-order valence-corrected chi connectivity index (χ1v) is 21.0. The average molecular weight is 751 g/mol. The van der Waals surface area contributed by atoms with Gasteiger partial charge in [-0.2, -0.15) is 4.39 Å². The van der Waals surface area contributed by atoms with Gasteiger partial charge >= 0.3 is 5.85 Å². The van der Waals surface area contributed by atoms with E-state index in [9.17, 15) is 4.79 Å². The van der Waals surface area contributed by atoms with E-state index in [4.69, 9.17) is 4.74 Å². The molecule has 0 aromatic heterocycles. The number of alkyl halides is 3. The molecule has 1 heterocycles. The zero-order valence-electron chi connectivity index (χ0n) is 33.1. The van der Waals surface area contributed by atoms with Crippen LogP contribution in [0.3, 0.4) is 0 Å². The number of carbonyl (C=O) groups is 1. The van der Waals surface area contributed by atoms with E-state index in [1.54, 1.807) is 24.3 Å². The van der Waals surface area contributed by atoms with Crippen molar-refractivity contribution in [2.75, 3.05) is 36.0 Å². The number of halogens is 4. The molecule has 2 aliphatic carbocycles. The van der Waals surface area contributed by atoms with Gasteiger partial charge < -0.3 is 14.5 Å². The Hall–Kier alpha value is -3.55. The summed E-state index contributed by atoms with van der Waals surface area (Å²) < 4.78 is 71.9. The zero-order chi connectivity index (χ0) is 38.8. The van der Waals surface area contributed by atoms with E-state index in [-0.39, 0.29) is 16.9 Å². The van der Waals surface area contributed by atoms with Crippen LogP contribution in [0.25, 0.3) is 11.3 Å². The molecular weight excluding hydrogens is 689 g/mol. The van der Waals surface area contributed by atoms with Gasteiger partial charge in [0.1, 0.15) is 5.76 Å².